The van der Waals surface area contributed by atoms with Crippen molar-refractivity contribution in [3.05, 3.63) is 53.3 Å². The van der Waals surface area contributed by atoms with Crippen LogP contribution in [-0.4, -0.2) is 40.1 Å². The Morgan fingerprint density at radius 2 is 1.86 bits per heavy atom. The van der Waals surface area contributed by atoms with Crippen LogP contribution in [0.25, 0.3) is 27.5 Å². The number of hydrogen-bond acceptors (Lipinski definition) is 5. The summed E-state index contributed by atoms with van der Waals surface area (Å²) in [5, 5.41) is 15.8. The second-order valence-corrected chi connectivity index (χ2v) is 6.50. The monoisotopic (exact) mass is 377 g/mol. The fraction of sp³-hybridized carbons (Fsp3) is 0.190. The van der Waals surface area contributed by atoms with Crippen molar-refractivity contribution in [2.75, 3.05) is 14.2 Å². The van der Waals surface area contributed by atoms with Gasteiger partial charge in [-0.2, -0.15) is 5.10 Å². The molecule has 0 radical (unpaired) electrons. The third kappa shape index (κ3) is 2.63. The Morgan fingerprint density at radius 3 is 2.54 bits per heavy atom. The zero-order chi connectivity index (χ0) is 20.0. The molecule has 1 N–H and O–H groups in total. The lowest BCUT2D eigenvalue weighted by atomic mass is 10.1. The van der Waals surface area contributed by atoms with Gasteiger partial charge in [0, 0.05) is 22.5 Å². The summed E-state index contributed by atoms with van der Waals surface area (Å²) in [4.78, 5) is 16.1. The zero-order valence-electron chi connectivity index (χ0n) is 16.0. The predicted octanol–water partition coefficient (Wildman–Crippen LogP) is 3.91. The fourth-order valence-electron chi connectivity index (χ4n) is 3.54. The normalized spacial score (nSPS) is 11.1. The molecule has 142 valence electrons. The second kappa shape index (κ2) is 6.53. The molecule has 0 atom stereocenters. The van der Waals surface area contributed by atoms with Gasteiger partial charge in [0.05, 0.1) is 36.7 Å². The molecule has 28 heavy (non-hydrogen) atoms. The van der Waals surface area contributed by atoms with Crippen molar-refractivity contribution in [2.24, 2.45) is 0 Å². The third-order valence-electron chi connectivity index (χ3n) is 4.80. The smallest absolute Gasteiger partial charge is 0.335 e. The van der Waals surface area contributed by atoms with Crippen LogP contribution in [0.2, 0.25) is 0 Å². The number of pyridine rings is 1. The maximum absolute atomic E-state index is 11.4. The molecule has 7 heteroatoms. The van der Waals surface area contributed by atoms with Crippen LogP contribution in [0.3, 0.4) is 0 Å². The molecule has 0 fully saturated rings. The molecule has 0 spiro atoms. The summed E-state index contributed by atoms with van der Waals surface area (Å²) in [6.45, 7) is 3.84. The van der Waals surface area contributed by atoms with E-state index in [0.717, 1.165) is 27.7 Å². The number of benzene rings is 2. The standard InChI is InChI=1S/C21H19N3O4/c1-11-18-12(2)23-24(14-7-5-6-13(8-14)21(25)26)20(18)16-9-15(27-3)10-17(28-4)19(16)22-11/h5-10H,1-4H3,(H,25,26). The molecule has 0 unspecified atom stereocenters. The number of hydrogen-bond donors (Lipinski definition) is 1. The van der Waals surface area contributed by atoms with Gasteiger partial charge in [-0.25, -0.2) is 14.5 Å². The van der Waals surface area contributed by atoms with E-state index in [1.54, 1.807) is 43.2 Å². The first-order valence-corrected chi connectivity index (χ1v) is 8.70. The molecule has 4 aromatic rings. The second-order valence-electron chi connectivity index (χ2n) is 6.50. The number of nitrogens with zero attached hydrogens (tertiary/aromatic N) is 3. The van der Waals surface area contributed by atoms with Crippen molar-refractivity contribution < 1.29 is 19.4 Å². The molecule has 2 aromatic heterocycles. The van der Waals surface area contributed by atoms with Gasteiger partial charge in [0.15, 0.2) is 0 Å². The lowest BCUT2D eigenvalue weighted by Gasteiger charge is -2.12. The summed E-state index contributed by atoms with van der Waals surface area (Å²) in [5.74, 6) is 0.256. The maximum Gasteiger partial charge on any atom is 0.335 e. The Hall–Kier alpha value is -3.61. The molecule has 0 saturated carbocycles. The van der Waals surface area contributed by atoms with Gasteiger partial charge in [0.2, 0.25) is 0 Å². The van der Waals surface area contributed by atoms with E-state index in [9.17, 15) is 9.90 Å². The highest BCUT2D eigenvalue weighted by Crippen LogP contribution is 2.37. The van der Waals surface area contributed by atoms with Crippen LogP contribution in [0.15, 0.2) is 36.4 Å². The minimum atomic E-state index is -0.985. The van der Waals surface area contributed by atoms with Crippen molar-refractivity contribution in [1.29, 1.82) is 0 Å². The number of aryl methyl sites for hydroxylation is 2. The zero-order valence-corrected chi connectivity index (χ0v) is 16.0. The van der Waals surface area contributed by atoms with E-state index in [0.29, 0.717) is 22.7 Å². The van der Waals surface area contributed by atoms with Crippen LogP contribution in [0.5, 0.6) is 11.5 Å². The van der Waals surface area contributed by atoms with Crippen molar-refractivity contribution in [2.45, 2.75) is 13.8 Å². The Morgan fingerprint density at radius 1 is 1.07 bits per heavy atom. The lowest BCUT2D eigenvalue weighted by Crippen LogP contribution is -2.02. The van der Waals surface area contributed by atoms with Gasteiger partial charge in [-0.3, -0.25) is 0 Å². The Bertz CT molecular complexity index is 1240. The van der Waals surface area contributed by atoms with E-state index < -0.39 is 5.97 Å². The molecule has 2 aromatic carbocycles. The van der Waals surface area contributed by atoms with Crippen molar-refractivity contribution >= 4 is 27.8 Å². The summed E-state index contributed by atoms with van der Waals surface area (Å²) in [6, 6.07) is 10.4. The maximum atomic E-state index is 11.4. The van der Waals surface area contributed by atoms with Crippen LogP contribution >= 0.6 is 0 Å². The fourth-order valence-corrected chi connectivity index (χ4v) is 3.54. The van der Waals surface area contributed by atoms with Gasteiger partial charge in [-0.05, 0) is 38.1 Å². The highest BCUT2D eigenvalue weighted by atomic mass is 16.5. The first kappa shape index (κ1) is 17.8. The molecule has 0 aliphatic rings. The van der Waals surface area contributed by atoms with E-state index in [1.807, 2.05) is 26.0 Å². The largest absolute Gasteiger partial charge is 0.497 e. The first-order valence-electron chi connectivity index (χ1n) is 8.70. The summed E-state index contributed by atoms with van der Waals surface area (Å²) in [6.07, 6.45) is 0. The van der Waals surface area contributed by atoms with E-state index in [1.165, 1.54) is 0 Å². The van der Waals surface area contributed by atoms with Gasteiger partial charge in [0.1, 0.15) is 17.0 Å². The van der Waals surface area contributed by atoms with E-state index in [4.69, 9.17) is 14.5 Å². The van der Waals surface area contributed by atoms with Crippen LogP contribution in [0, 0.1) is 13.8 Å². The van der Waals surface area contributed by atoms with Gasteiger partial charge in [-0.15, -0.1) is 0 Å². The number of rotatable bonds is 4. The molecule has 0 bridgehead atoms. The van der Waals surface area contributed by atoms with Gasteiger partial charge < -0.3 is 14.6 Å². The number of carboxylic acids is 1. The minimum Gasteiger partial charge on any atom is -0.497 e. The molecule has 0 amide bonds. The molecule has 0 saturated heterocycles. The molecule has 4 rings (SSSR count). The van der Waals surface area contributed by atoms with Crippen molar-refractivity contribution in [3.63, 3.8) is 0 Å². The number of aromatic nitrogens is 3. The number of ether oxygens (including phenoxy) is 2. The SMILES string of the molecule is COc1cc(OC)c2nc(C)c3c(C)nn(-c4cccc(C(=O)O)c4)c3c2c1. The van der Waals surface area contributed by atoms with Gasteiger partial charge in [-0.1, -0.05) is 6.07 Å². The summed E-state index contributed by atoms with van der Waals surface area (Å²) < 4.78 is 12.7. The van der Waals surface area contributed by atoms with Gasteiger partial charge >= 0.3 is 5.97 Å². The minimum absolute atomic E-state index is 0.198. The third-order valence-corrected chi connectivity index (χ3v) is 4.80. The number of aromatic carboxylic acids is 1. The molecule has 0 aliphatic carbocycles. The summed E-state index contributed by atoms with van der Waals surface area (Å²) in [5.41, 5.74) is 4.02. The van der Waals surface area contributed by atoms with Gasteiger partial charge in [0.25, 0.3) is 0 Å². The predicted molar refractivity (Wildman–Crippen MR) is 106 cm³/mol. The van der Waals surface area contributed by atoms with Crippen molar-refractivity contribution in [3.8, 4) is 17.2 Å². The quantitative estimate of drug-likeness (QED) is 0.580. The molecule has 0 aliphatic heterocycles. The van der Waals surface area contributed by atoms with Crippen molar-refractivity contribution in [1.82, 2.24) is 14.8 Å². The Balaban J connectivity index is 2.16. The molecule has 7 nitrogen and oxygen atoms in total. The highest BCUT2D eigenvalue weighted by molar-refractivity contribution is 6.08. The molecular formula is C21H19N3O4. The number of fused-ring (bicyclic) bond motifs is 3. The number of methoxy groups -OCH3 is 2. The number of carbonyl (C=O) groups is 1. The van der Waals surface area contributed by atoms with Crippen LogP contribution < -0.4 is 9.47 Å². The average Bonchev–Trinajstić information content (AvgIpc) is 3.05. The Labute approximate surface area is 161 Å². The first-order chi connectivity index (χ1) is 13.4. The molecular weight excluding hydrogens is 358 g/mol. The topological polar surface area (TPSA) is 86.5 Å². The van der Waals surface area contributed by atoms with Crippen LogP contribution in [0.4, 0.5) is 0 Å². The Kier molecular flexibility index (Phi) is 4.15. The van der Waals surface area contributed by atoms with E-state index >= 15 is 0 Å². The lowest BCUT2D eigenvalue weighted by molar-refractivity contribution is 0.0697. The summed E-state index contributed by atoms with van der Waals surface area (Å²) >= 11 is 0. The highest BCUT2D eigenvalue weighted by Gasteiger charge is 2.19. The average molecular weight is 377 g/mol. The number of carboxylic acid groups (broad SMARTS) is 1. The van der Waals surface area contributed by atoms with E-state index in [-0.39, 0.29) is 5.56 Å². The van der Waals surface area contributed by atoms with Crippen LogP contribution in [0.1, 0.15) is 21.7 Å². The van der Waals surface area contributed by atoms with E-state index in [2.05, 4.69) is 5.10 Å². The van der Waals surface area contributed by atoms with Crippen LogP contribution in [-0.2, 0) is 0 Å². The molecule has 2 heterocycles. The summed E-state index contributed by atoms with van der Waals surface area (Å²) in [7, 11) is 3.19.